The summed E-state index contributed by atoms with van der Waals surface area (Å²) in [6, 6.07) is 8.84. The quantitative estimate of drug-likeness (QED) is 0.804. The highest BCUT2D eigenvalue weighted by Gasteiger charge is 2.16. The number of fused-ring (bicyclic) bond motifs is 1. The average molecular weight is 259 g/mol. The van der Waals surface area contributed by atoms with Gasteiger partial charge in [0.05, 0.1) is 6.04 Å². The van der Waals surface area contributed by atoms with Crippen molar-refractivity contribution in [2.24, 2.45) is 5.92 Å². The van der Waals surface area contributed by atoms with Gasteiger partial charge in [-0.1, -0.05) is 39.0 Å². The molecule has 1 aromatic carbocycles. The molecule has 0 aliphatic rings. The van der Waals surface area contributed by atoms with Crippen molar-refractivity contribution in [3.8, 4) is 0 Å². The van der Waals surface area contributed by atoms with E-state index in [-0.39, 0.29) is 0 Å². The first kappa shape index (κ1) is 14.1. The standard InChI is InChI=1S/C17H25NO/c1-5-18-15(10-9-12(2)3)16-11-14-8-6-7-13(4)17(14)19-16/h6-8,11-12,15,18H,5,9-10H2,1-4H3. The van der Waals surface area contributed by atoms with E-state index in [4.69, 9.17) is 4.42 Å². The van der Waals surface area contributed by atoms with Gasteiger partial charge in [-0.3, -0.25) is 0 Å². The third kappa shape index (κ3) is 3.38. The first-order valence-corrected chi connectivity index (χ1v) is 7.34. The zero-order valence-electron chi connectivity index (χ0n) is 12.5. The molecule has 1 atom stereocenters. The summed E-state index contributed by atoms with van der Waals surface area (Å²) < 4.78 is 6.08. The molecule has 2 aromatic rings. The Morgan fingerprint density at radius 3 is 2.63 bits per heavy atom. The van der Waals surface area contributed by atoms with Crippen LogP contribution in [0.2, 0.25) is 0 Å². The van der Waals surface area contributed by atoms with Crippen LogP contribution in [0, 0.1) is 12.8 Å². The van der Waals surface area contributed by atoms with E-state index in [1.54, 1.807) is 0 Å². The Morgan fingerprint density at radius 2 is 2.00 bits per heavy atom. The van der Waals surface area contributed by atoms with Gasteiger partial charge in [-0.2, -0.15) is 0 Å². The van der Waals surface area contributed by atoms with Crippen molar-refractivity contribution in [3.05, 3.63) is 35.6 Å². The molecule has 0 saturated heterocycles. The minimum atomic E-state index is 0.333. The van der Waals surface area contributed by atoms with Crippen LogP contribution in [-0.4, -0.2) is 6.54 Å². The maximum absolute atomic E-state index is 6.08. The van der Waals surface area contributed by atoms with Gasteiger partial charge < -0.3 is 9.73 Å². The molecular formula is C17H25NO. The lowest BCUT2D eigenvalue weighted by atomic mass is 10.0. The molecule has 104 valence electrons. The summed E-state index contributed by atoms with van der Waals surface area (Å²) in [5.74, 6) is 1.80. The predicted octanol–water partition coefficient (Wildman–Crippen LogP) is 4.83. The van der Waals surface area contributed by atoms with Crippen LogP contribution in [0.1, 0.15) is 51.0 Å². The maximum atomic E-state index is 6.08. The van der Waals surface area contributed by atoms with Gasteiger partial charge >= 0.3 is 0 Å². The zero-order chi connectivity index (χ0) is 13.8. The Bertz CT molecular complexity index is 527. The second-order valence-corrected chi connectivity index (χ2v) is 5.72. The molecule has 0 aliphatic heterocycles. The van der Waals surface area contributed by atoms with Crippen molar-refractivity contribution in [3.63, 3.8) is 0 Å². The van der Waals surface area contributed by atoms with Crippen molar-refractivity contribution in [1.82, 2.24) is 5.32 Å². The maximum Gasteiger partial charge on any atom is 0.137 e. The number of hydrogen-bond acceptors (Lipinski definition) is 2. The van der Waals surface area contributed by atoms with E-state index in [0.717, 1.165) is 30.2 Å². The summed E-state index contributed by atoms with van der Waals surface area (Å²) in [5.41, 5.74) is 2.24. The van der Waals surface area contributed by atoms with Gasteiger partial charge in [0, 0.05) is 5.39 Å². The summed E-state index contributed by atoms with van der Waals surface area (Å²) in [5, 5.41) is 4.75. The molecule has 1 N–H and O–H groups in total. The van der Waals surface area contributed by atoms with E-state index >= 15 is 0 Å². The minimum absolute atomic E-state index is 0.333. The predicted molar refractivity (Wildman–Crippen MR) is 81.4 cm³/mol. The van der Waals surface area contributed by atoms with Crippen LogP contribution in [-0.2, 0) is 0 Å². The largest absolute Gasteiger partial charge is 0.459 e. The summed E-state index contributed by atoms with van der Waals surface area (Å²) in [6.45, 7) is 9.76. The Balaban J connectivity index is 2.25. The lowest BCUT2D eigenvalue weighted by Gasteiger charge is -2.16. The first-order valence-electron chi connectivity index (χ1n) is 7.34. The third-order valence-electron chi connectivity index (χ3n) is 3.59. The van der Waals surface area contributed by atoms with Crippen molar-refractivity contribution in [1.29, 1.82) is 0 Å². The van der Waals surface area contributed by atoms with E-state index in [0.29, 0.717) is 6.04 Å². The summed E-state index contributed by atoms with van der Waals surface area (Å²) in [6.07, 6.45) is 2.35. The van der Waals surface area contributed by atoms with Crippen molar-refractivity contribution < 1.29 is 4.42 Å². The van der Waals surface area contributed by atoms with Crippen LogP contribution in [0.15, 0.2) is 28.7 Å². The molecule has 2 nitrogen and oxygen atoms in total. The third-order valence-corrected chi connectivity index (χ3v) is 3.59. The normalized spacial score (nSPS) is 13.3. The number of para-hydroxylation sites is 1. The molecule has 0 spiro atoms. The molecular weight excluding hydrogens is 234 g/mol. The van der Waals surface area contributed by atoms with E-state index in [1.807, 2.05) is 0 Å². The van der Waals surface area contributed by atoms with Gasteiger partial charge in [-0.25, -0.2) is 0 Å². The average Bonchev–Trinajstić information content (AvgIpc) is 2.79. The van der Waals surface area contributed by atoms with Gasteiger partial charge in [0.1, 0.15) is 11.3 Å². The van der Waals surface area contributed by atoms with E-state index in [2.05, 4.69) is 57.3 Å². The SMILES string of the molecule is CCNC(CCC(C)C)c1cc2cccc(C)c2o1. The number of rotatable bonds is 6. The Kier molecular flexibility index (Phi) is 4.65. The number of nitrogens with one attached hydrogen (secondary N) is 1. The monoisotopic (exact) mass is 259 g/mol. The second kappa shape index (κ2) is 6.25. The molecule has 0 aliphatic carbocycles. The number of benzene rings is 1. The van der Waals surface area contributed by atoms with Gasteiger partial charge in [0.15, 0.2) is 0 Å². The van der Waals surface area contributed by atoms with Crippen LogP contribution in [0.3, 0.4) is 0 Å². The molecule has 1 unspecified atom stereocenters. The Hall–Kier alpha value is -1.28. The van der Waals surface area contributed by atoms with Crippen LogP contribution in [0.5, 0.6) is 0 Å². The second-order valence-electron chi connectivity index (χ2n) is 5.72. The molecule has 19 heavy (non-hydrogen) atoms. The van der Waals surface area contributed by atoms with Gasteiger partial charge in [0.2, 0.25) is 0 Å². The van der Waals surface area contributed by atoms with E-state index < -0.39 is 0 Å². The molecule has 1 heterocycles. The van der Waals surface area contributed by atoms with E-state index in [9.17, 15) is 0 Å². The molecule has 0 amide bonds. The molecule has 0 saturated carbocycles. The first-order chi connectivity index (χ1) is 9.11. The van der Waals surface area contributed by atoms with Crippen molar-refractivity contribution in [2.75, 3.05) is 6.54 Å². The molecule has 0 bridgehead atoms. The van der Waals surface area contributed by atoms with Gasteiger partial charge in [-0.05, 0) is 43.9 Å². The number of hydrogen-bond donors (Lipinski definition) is 1. The molecule has 2 heteroatoms. The smallest absolute Gasteiger partial charge is 0.137 e. The summed E-state index contributed by atoms with van der Waals surface area (Å²) >= 11 is 0. The van der Waals surface area contributed by atoms with Crippen LogP contribution in [0.25, 0.3) is 11.0 Å². The fourth-order valence-electron chi connectivity index (χ4n) is 2.49. The summed E-state index contributed by atoms with van der Waals surface area (Å²) in [7, 11) is 0. The van der Waals surface area contributed by atoms with Crippen LogP contribution in [0.4, 0.5) is 0 Å². The topological polar surface area (TPSA) is 25.2 Å². The lowest BCUT2D eigenvalue weighted by Crippen LogP contribution is -2.20. The van der Waals surface area contributed by atoms with Crippen molar-refractivity contribution in [2.45, 2.75) is 46.6 Å². The number of furan rings is 1. The fourth-order valence-corrected chi connectivity index (χ4v) is 2.49. The Labute approximate surface area is 116 Å². The highest BCUT2D eigenvalue weighted by Crippen LogP contribution is 2.29. The highest BCUT2D eigenvalue weighted by molar-refractivity contribution is 5.80. The van der Waals surface area contributed by atoms with Crippen molar-refractivity contribution >= 4 is 11.0 Å². The minimum Gasteiger partial charge on any atom is -0.459 e. The lowest BCUT2D eigenvalue weighted by molar-refractivity contribution is 0.387. The number of aryl methyl sites for hydroxylation is 1. The highest BCUT2D eigenvalue weighted by atomic mass is 16.3. The Morgan fingerprint density at radius 1 is 1.21 bits per heavy atom. The molecule has 0 radical (unpaired) electrons. The molecule has 2 rings (SSSR count). The van der Waals surface area contributed by atoms with Crippen LogP contribution < -0.4 is 5.32 Å². The van der Waals surface area contributed by atoms with E-state index in [1.165, 1.54) is 17.4 Å². The molecule has 0 fully saturated rings. The fraction of sp³-hybridized carbons (Fsp3) is 0.529. The van der Waals surface area contributed by atoms with Gasteiger partial charge in [0.25, 0.3) is 0 Å². The summed E-state index contributed by atoms with van der Waals surface area (Å²) in [4.78, 5) is 0. The molecule has 1 aromatic heterocycles. The zero-order valence-corrected chi connectivity index (χ0v) is 12.5. The van der Waals surface area contributed by atoms with Gasteiger partial charge in [-0.15, -0.1) is 0 Å². The van der Waals surface area contributed by atoms with Crippen LogP contribution >= 0.6 is 0 Å².